The molecule has 0 aliphatic carbocycles. The average molecular weight is 179 g/mol. The molecule has 0 spiro atoms. The molecule has 3 heteroatoms. The molecule has 0 bridgehead atoms. The van der Waals surface area contributed by atoms with Gasteiger partial charge in [0, 0.05) is 24.4 Å². The van der Waals surface area contributed by atoms with Gasteiger partial charge in [-0.15, -0.1) is 0 Å². The zero-order valence-electron chi connectivity index (χ0n) is 7.90. The van der Waals surface area contributed by atoms with Gasteiger partial charge in [-0.25, -0.2) is 0 Å². The van der Waals surface area contributed by atoms with Gasteiger partial charge in [0.2, 0.25) is 0 Å². The van der Waals surface area contributed by atoms with Crippen molar-refractivity contribution in [3.63, 3.8) is 0 Å². The lowest BCUT2D eigenvalue weighted by molar-refractivity contribution is 0.705. The molecule has 4 N–H and O–H groups in total. The van der Waals surface area contributed by atoms with Gasteiger partial charge in [-0.2, -0.15) is 0 Å². The number of aromatic nitrogens is 1. The summed E-state index contributed by atoms with van der Waals surface area (Å²) in [4.78, 5) is 3.45. The van der Waals surface area contributed by atoms with Crippen molar-refractivity contribution in [2.24, 2.45) is 5.73 Å². The zero-order valence-corrected chi connectivity index (χ0v) is 7.90. The maximum absolute atomic E-state index is 5.52. The first-order valence-corrected chi connectivity index (χ1v) is 5.00. The van der Waals surface area contributed by atoms with Crippen molar-refractivity contribution < 1.29 is 0 Å². The summed E-state index contributed by atoms with van der Waals surface area (Å²) in [7, 11) is 0. The highest BCUT2D eigenvalue weighted by Gasteiger charge is 2.10. The molecule has 1 aliphatic heterocycles. The van der Waals surface area contributed by atoms with Crippen LogP contribution in [0, 0.1) is 0 Å². The van der Waals surface area contributed by atoms with E-state index in [1.54, 1.807) is 0 Å². The molecule has 0 aromatic carbocycles. The first-order chi connectivity index (χ1) is 6.40. The predicted octanol–water partition coefficient (Wildman–Crippen LogP) is 0.204. The summed E-state index contributed by atoms with van der Waals surface area (Å²) in [5.74, 6) is 0. The molecule has 2 rings (SSSR count). The second kappa shape index (κ2) is 3.94. The van der Waals surface area contributed by atoms with E-state index in [9.17, 15) is 0 Å². The number of nitrogens with two attached hydrogens (primary N) is 1. The monoisotopic (exact) mass is 179 g/mol. The third kappa shape index (κ3) is 1.92. The van der Waals surface area contributed by atoms with Crippen LogP contribution in [0.1, 0.15) is 17.0 Å². The minimum Gasteiger partial charge on any atom is -0.362 e. The van der Waals surface area contributed by atoms with Crippen LogP contribution < -0.4 is 11.1 Å². The number of hydrogen-bond donors (Lipinski definition) is 3. The minimum atomic E-state index is 0.734. The highest BCUT2D eigenvalue weighted by atomic mass is 14.9. The molecular weight excluding hydrogens is 162 g/mol. The van der Waals surface area contributed by atoms with Gasteiger partial charge in [-0.1, -0.05) is 0 Å². The maximum atomic E-state index is 5.52. The zero-order chi connectivity index (χ0) is 9.10. The number of nitrogens with one attached hydrogen (secondary N) is 2. The molecule has 2 heterocycles. The number of hydrogen-bond acceptors (Lipinski definition) is 2. The van der Waals surface area contributed by atoms with Crippen LogP contribution in [0.5, 0.6) is 0 Å². The second-order valence-electron chi connectivity index (χ2n) is 3.59. The lowest BCUT2D eigenvalue weighted by Gasteiger charge is -1.96. The van der Waals surface area contributed by atoms with Gasteiger partial charge in [0.1, 0.15) is 0 Å². The van der Waals surface area contributed by atoms with Crippen LogP contribution in [-0.2, 0) is 19.3 Å². The highest BCUT2D eigenvalue weighted by Crippen LogP contribution is 2.14. The highest BCUT2D eigenvalue weighted by molar-refractivity contribution is 5.27. The molecule has 3 nitrogen and oxygen atoms in total. The molecule has 13 heavy (non-hydrogen) atoms. The Kier molecular flexibility index (Phi) is 2.66. The van der Waals surface area contributed by atoms with Crippen LogP contribution >= 0.6 is 0 Å². The van der Waals surface area contributed by atoms with Gasteiger partial charge >= 0.3 is 0 Å². The Balaban J connectivity index is 2.17. The lowest BCUT2D eigenvalue weighted by Crippen LogP contribution is -2.16. The number of H-pyrrole nitrogens is 1. The Labute approximate surface area is 78.7 Å². The molecule has 1 aliphatic rings. The van der Waals surface area contributed by atoms with Gasteiger partial charge in [0.05, 0.1) is 0 Å². The summed E-state index contributed by atoms with van der Waals surface area (Å²) in [5.41, 5.74) is 9.71. The molecule has 72 valence electrons. The molecular formula is C10H17N3. The second-order valence-corrected chi connectivity index (χ2v) is 3.59. The molecule has 0 saturated heterocycles. The van der Waals surface area contributed by atoms with E-state index in [0.717, 1.165) is 38.9 Å². The first-order valence-electron chi connectivity index (χ1n) is 5.00. The Hall–Kier alpha value is -0.800. The summed E-state index contributed by atoms with van der Waals surface area (Å²) in [6, 6.07) is 2.27. The van der Waals surface area contributed by atoms with Gasteiger partial charge in [0.25, 0.3) is 0 Å². The van der Waals surface area contributed by atoms with Gasteiger partial charge in [-0.3, -0.25) is 0 Å². The normalized spacial score (nSPS) is 16.7. The average Bonchev–Trinajstić information content (AvgIpc) is 2.37. The first kappa shape index (κ1) is 8.78. The SMILES string of the molecule is NCCc1cc2c([nH]1)CCNCC2. The quantitative estimate of drug-likeness (QED) is 0.607. The van der Waals surface area contributed by atoms with Crippen LogP contribution in [0.25, 0.3) is 0 Å². The fourth-order valence-corrected chi connectivity index (χ4v) is 1.91. The molecule has 0 radical (unpaired) electrons. The van der Waals surface area contributed by atoms with Crippen molar-refractivity contribution >= 4 is 0 Å². The minimum absolute atomic E-state index is 0.734. The largest absolute Gasteiger partial charge is 0.362 e. The molecule has 0 fully saturated rings. The molecule has 1 aromatic rings. The summed E-state index contributed by atoms with van der Waals surface area (Å²) in [6.07, 6.45) is 3.25. The maximum Gasteiger partial charge on any atom is 0.0195 e. The molecule has 0 unspecified atom stereocenters. The van der Waals surface area contributed by atoms with E-state index in [1.165, 1.54) is 17.0 Å². The fraction of sp³-hybridized carbons (Fsp3) is 0.600. The topological polar surface area (TPSA) is 53.8 Å². The summed E-state index contributed by atoms with van der Waals surface area (Å²) < 4.78 is 0. The molecule has 0 saturated carbocycles. The Morgan fingerprint density at radius 1 is 1.31 bits per heavy atom. The van der Waals surface area contributed by atoms with E-state index in [2.05, 4.69) is 16.4 Å². The lowest BCUT2D eigenvalue weighted by atomic mass is 10.1. The van der Waals surface area contributed by atoms with Crippen molar-refractivity contribution in [2.45, 2.75) is 19.3 Å². The van der Waals surface area contributed by atoms with Crippen molar-refractivity contribution in [2.75, 3.05) is 19.6 Å². The van der Waals surface area contributed by atoms with Crippen LogP contribution in [0.4, 0.5) is 0 Å². The van der Waals surface area contributed by atoms with Crippen molar-refractivity contribution in [3.8, 4) is 0 Å². The third-order valence-corrected chi connectivity index (χ3v) is 2.58. The van der Waals surface area contributed by atoms with Crippen LogP contribution in [0.2, 0.25) is 0 Å². The summed E-state index contributed by atoms with van der Waals surface area (Å²) >= 11 is 0. The molecule has 1 aromatic heterocycles. The smallest absolute Gasteiger partial charge is 0.0195 e. The number of fused-ring (bicyclic) bond motifs is 1. The Bertz CT molecular complexity index is 254. The van der Waals surface area contributed by atoms with Crippen molar-refractivity contribution in [1.82, 2.24) is 10.3 Å². The summed E-state index contributed by atoms with van der Waals surface area (Å²) in [6.45, 7) is 2.93. The van der Waals surface area contributed by atoms with E-state index in [-0.39, 0.29) is 0 Å². The van der Waals surface area contributed by atoms with E-state index in [1.807, 2.05) is 0 Å². The fourth-order valence-electron chi connectivity index (χ4n) is 1.91. The molecule has 0 amide bonds. The van der Waals surface area contributed by atoms with Gasteiger partial charge in [0.15, 0.2) is 0 Å². The Morgan fingerprint density at radius 3 is 3.00 bits per heavy atom. The van der Waals surface area contributed by atoms with Gasteiger partial charge in [-0.05, 0) is 37.6 Å². The van der Waals surface area contributed by atoms with Gasteiger partial charge < -0.3 is 16.0 Å². The standard InChI is InChI=1S/C10H17N3/c11-4-1-9-7-8-2-5-12-6-3-10(8)13-9/h7,12-13H,1-6,11H2. The van der Waals surface area contributed by atoms with Crippen LogP contribution in [-0.4, -0.2) is 24.6 Å². The van der Waals surface area contributed by atoms with Crippen molar-refractivity contribution in [1.29, 1.82) is 0 Å². The number of rotatable bonds is 2. The predicted molar refractivity (Wildman–Crippen MR) is 53.8 cm³/mol. The van der Waals surface area contributed by atoms with Crippen LogP contribution in [0.15, 0.2) is 6.07 Å². The van der Waals surface area contributed by atoms with Crippen LogP contribution in [0.3, 0.4) is 0 Å². The van der Waals surface area contributed by atoms with E-state index >= 15 is 0 Å². The van der Waals surface area contributed by atoms with E-state index in [0.29, 0.717) is 0 Å². The third-order valence-electron chi connectivity index (χ3n) is 2.58. The molecule has 0 atom stereocenters. The Morgan fingerprint density at radius 2 is 2.15 bits per heavy atom. The van der Waals surface area contributed by atoms with E-state index < -0.39 is 0 Å². The van der Waals surface area contributed by atoms with E-state index in [4.69, 9.17) is 5.73 Å². The number of aromatic amines is 1. The van der Waals surface area contributed by atoms with Crippen molar-refractivity contribution in [3.05, 3.63) is 23.0 Å². The summed E-state index contributed by atoms with van der Waals surface area (Å²) in [5, 5.41) is 3.39.